The van der Waals surface area contributed by atoms with Crippen molar-refractivity contribution in [2.75, 3.05) is 13.1 Å². The number of Topliss-reactive ketones (excluding diaryl/α,β-unsaturated/α-hetero) is 2. The lowest BCUT2D eigenvalue weighted by molar-refractivity contribution is -0.137. The fourth-order valence-corrected chi connectivity index (χ4v) is 2.95. The quantitative estimate of drug-likeness (QED) is 0.740. The van der Waals surface area contributed by atoms with Crippen LogP contribution in [0.2, 0.25) is 0 Å². The summed E-state index contributed by atoms with van der Waals surface area (Å²) in [5.74, 6) is 0.330. The molecule has 0 radical (unpaired) electrons. The van der Waals surface area contributed by atoms with Gasteiger partial charge in [-0.3, -0.25) is 14.5 Å². The number of carbonyl (C=O) groups is 2. The normalized spacial score (nSPS) is 32.9. The van der Waals surface area contributed by atoms with Crippen molar-refractivity contribution in [2.24, 2.45) is 5.92 Å². The molecule has 1 unspecified atom stereocenters. The fraction of sp³-hybridized carbons (Fsp3) is 0.833. The summed E-state index contributed by atoms with van der Waals surface area (Å²) in [7, 11) is 0. The van der Waals surface area contributed by atoms with Gasteiger partial charge in [0.25, 0.3) is 0 Å². The van der Waals surface area contributed by atoms with E-state index < -0.39 is 4.33 Å². The highest BCUT2D eigenvalue weighted by atomic mass is 35.5. The zero-order valence-corrected chi connectivity index (χ0v) is 11.4. The second kappa shape index (κ2) is 4.87. The Morgan fingerprint density at radius 1 is 1.41 bits per heavy atom. The van der Waals surface area contributed by atoms with E-state index in [-0.39, 0.29) is 24.2 Å². The van der Waals surface area contributed by atoms with E-state index in [1.807, 2.05) is 0 Å². The molecular weight excluding hydrogens is 261 g/mol. The van der Waals surface area contributed by atoms with Crippen molar-refractivity contribution in [3.8, 4) is 0 Å². The minimum absolute atomic E-state index is 0.0814. The van der Waals surface area contributed by atoms with Crippen LogP contribution in [0.1, 0.15) is 32.6 Å². The standard InChI is InChI=1S/C12H17Cl2NO2/c1-12(13,14)10(16)3-2-9-11(17)8-4-6-15(9)7-5-8/h8-9H,2-7H2,1H3. The Morgan fingerprint density at radius 3 is 2.47 bits per heavy atom. The van der Waals surface area contributed by atoms with Gasteiger partial charge in [-0.2, -0.15) is 0 Å². The number of ketones is 2. The molecule has 0 aliphatic carbocycles. The molecule has 3 fully saturated rings. The highest BCUT2D eigenvalue weighted by Crippen LogP contribution is 2.32. The van der Waals surface area contributed by atoms with Crippen LogP contribution in [-0.2, 0) is 9.59 Å². The number of hydrogen-bond acceptors (Lipinski definition) is 3. The number of piperidine rings is 3. The molecule has 1 atom stereocenters. The average molecular weight is 278 g/mol. The Balaban J connectivity index is 1.91. The second-order valence-electron chi connectivity index (χ2n) is 5.08. The summed E-state index contributed by atoms with van der Waals surface area (Å²) in [5, 5.41) is 0. The molecule has 3 heterocycles. The van der Waals surface area contributed by atoms with Gasteiger partial charge < -0.3 is 0 Å². The van der Waals surface area contributed by atoms with E-state index >= 15 is 0 Å². The summed E-state index contributed by atoms with van der Waals surface area (Å²) < 4.78 is -1.33. The number of carbonyl (C=O) groups excluding carboxylic acids is 2. The minimum Gasteiger partial charge on any atom is -0.298 e. The molecule has 3 aliphatic heterocycles. The maximum Gasteiger partial charge on any atom is 0.173 e. The van der Waals surface area contributed by atoms with Gasteiger partial charge in [-0.25, -0.2) is 0 Å². The highest BCUT2D eigenvalue weighted by molar-refractivity contribution is 6.57. The number of fused-ring (bicyclic) bond motifs is 3. The summed E-state index contributed by atoms with van der Waals surface area (Å²) >= 11 is 11.5. The van der Waals surface area contributed by atoms with E-state index in [0.29, 0.717) is 12.2 Å². The first-order valence-corrected chi connectivity index (χ1v) is 6.84. The summed E-state index contributed by atoms with van der Waals surface area (Å²) in [6.07, 6.45) is 2.80. The maximum atomic E-state index is 12.0. The largest absolute Gasteiger partial charge is 0.298 e. The molecule has 0 amide bonds. The van der Waals surface area contributed by atoms with Gasteiger partial charge >= 0.3 is 0 Å². The number of hydrogen-bond donors (Lipinski definition) is 0. The molecule has 17 heavy (non-hydrogen) atoms. The van der Waals surface area contributed by atoms with Crippen LogP contribution >= 0.6 is 23.2 Å². The van der Waals surface area contributed by atoms with Gasteiger partial charge in [0, 0.05) is 12.3 Å². The average Bonchev–Trinajstić information content (AvgIpc) is 2.27. The third-order valence-corrected chi connectivity index (χ3v) is 4.26. The van der Waals surface area contributed by atoms with Gasteiger partial charge in [0.1, 0.15) is 0 Å². The number of nitrogens with zero attached hydrogens (tertiary/aromatic N) is 1. The van der Waals surface area contributed by atoms with Gasteiger partial charge in [0.05, 0.1) is 6.04 Å². The molecular formula is C12H17Cl2NO2. The van der Waals surface area contributed by atoms with Crippen molar-refractivity contribution < 1.29 is 9.59 Å². The van der Waals surface area contributed by atoms with E-state index in [0.717, 1.165) is 25.9 Å². The van der Waals surface area contributed by atoms with Crippen molar-refractivity contribution in [3.05, 3.63) is 0 Å². The van der Waals surface area contributed by atoms with Crippen LogP contribution in [0.4, 0.5) is 0 Å². The van der Waals surface area contributed by atoms with Gasteiger partial charge in [-0.15, -0.1) is 0 Å². The summed E-state index contributed by atoms with van der Waals surface area (Å²) in [6, 6.07) is -0.0814. The predicted octanol–water partition coefficient (Wildman–Crippen LogP) is 2.19. The molecule has 3 nitrogen and oxygen atoms in total. The molecule has 0 aromatic carbocycles. The molecule has 0 saturated carbocycles. The third kappa shape index (κ3) is 2.83. The molecule has 3 saturated heterocycles. The van der Waals surface area contributed by atoms with Crippen LogP contribution in [0.5, 0.6) is 0 Å². The zero-order chi connectivity index (χ0) is 12.6. The Kier molecular flexibility index (Phi) is 3.81. The molecule has 3 rings (SSSR count). The first kappa shape index (κ1) is 13.3. The Bertz CT molecular complexity index is 330. The van der Waals surface area contributed by atoms with Crippen molar-refractivity contribution in [1.82, 2.24) is 4.90 Å². The Morgan fingerprint density at radius 2 is 2.00 bits per heavy atom. The molecule has 5 heteroatoms. The predicted molar refractivity (Wildman–Crippen MR) is 67.4 cm³/mol. The van der Waals surface area contributed by atoms with Gasteiger partial charge in [0.2, 0.25) is 0 Å². The smallest absolute Gasteiger partial charge is 0.173 e. The number of rotatable bonds is 4. The molecule has 0 aromatic heterocycles. The maximum absolute atomic E-state index is 12.0. The van der Waals surface area contributed by atoms with Crippen molar-refractivity contribution in [3.63, 3.8) is 0 Å². The van der Waals surface area contributed by atoms with E-state index in [1.165, 1.54) is 6.92 Å². The summed E-state index contributed by atoms with van der Waals surface area (Å²) in [5.41, 5.74) is 0. The van der Waals surface area contributed by atoms with Gasteiger partial charge in [-0.05, 0) is 39.3 Å². The number of halogens is 2. The summed E-state index contributed by atoms with van der Waals surface area (Å²) in [4.78, 5) is 25.8. The van der Waals surface area contributed by atoms with E-state index in [2.05, 4.69) is 4.90 Å². The molecule has 0 aromatic rings. The van der Waals surface area contributed by atoms with Gasteiger partial charge in [-0.1, -0.05) is 23.2 Å². The lowest BCUT2D eigenvalue weighted by Gasteiger charge is -2.44. The second-order valence-corrected chi connectivity index (χ2v) is 6.78. The topological polar surface area (TPSA) is 37.4 Å². The molecule has 2 bridgehead atoms. The summed E-state index contributed by atoms with van der Waals surface area (Å²) in [6.45, 7) is 3.44. The Hall–Kier alpha value is -0.120. The first-order chi connectivity index (χ1) is 7.89. The van der Waals surface area contributed by atoms with Crippen LogP contribution in [0.3, 0.4) is 0 Å². The van der Waals surface area contributed by atoms with Crippen molar-refractivity contribution in [1.29, 1.82) is 0 Å². The zero-order valence-electron chi connectivity index (χ0n) is 9.92. The van der Waals surface area contributed by atoms with Crippen LogP contribution in [0.15, 0.2) is 0 Å². The van der Waals surface area contributed by atoms with Crippen LogP contribution in [0, 0.1) is 5.92 Å². The van der Waals surface area contributed by atoms with Crippen molar-refractivity contribution in [2.45, 2.75) is 43.0 Å². The SMILES string of the molecule is CC(Cl)(Cl)C(=O)CCC1C(=O)C2CCN1CC2. The number of alkyl halides is 2. The molecule has 0 N–H and O–H groups in total. The van der Waals surface area contributed by atoms with E-state index in [1.54, 1.807) is 0 Å². The van der Waals surface area contributed by atoms with Crippen LogP contribution < -0.4 is 0 Å². The molecule has 0 spiro atoms. The lowest BCUT2D eigenvalue weighted by Crippen LogP contribution is -2.55. The monoisotopic (exact) mass is 277 g/mol. The van der Waals surface area contributed by atoms with Crippen molar-refractivity contribution >= 4 is 34.8 Å². The molecule has 3 aliphatic rings. The Labute approximate surface area is 111 Å². The lowest BCUT2D eigenvalue weighted by atomic mass is 9.80. The van der Waals surface area contributed by atoms with Gasteiger partial charge in [0.15, 0.2) is 15.9 Å². The minimum atomic E-state index is -1.33. The highest BCUT2D eigenvalue weighted by Gasteiger charge is 2.41. The van der Waals surface area contributed by atoms with E-state index in [4.69, 9.17) is 23.2 Å². The fourth-order valence-electron chi connectivity index (χ4n) is 2.76. The third-order valence-electron chi connectivity index (χ3n) is 3.84. The van der Waals surface area contributed by atoms with Crippen LogP contribution in [0.25, 0.3) is 0 Å². The molecule has 96 valence electrons. The van der Waals surface area contributed by atoms with Crippen LogP contribution in [-0.4, -0.2) is 39.9 Å². The first-order valence-electron chi connectivity index (χ1n) is 6.08. The van der Waals surface area contributed by atoms with E-state index in [9.17, 15) is 9.59 Å².